The Morgan fingerprint density at radius 2 is 2.07 bits per heavy atom. The molecule has 0 aliphatic heterocycles. The monoisotopic (exact) mass is 401 g/mol. The van der Waals surface area contributed by atoms with Crippen molar-refractivity contribution in [2.45, 2.75) is 6.61 Å². The second-order valence-electron chi connectivity index (χ2n) is 5.54. The molecule has 27 heavy (non-hydrogen) atoms. The molecule has 3 heterocycles. The normalized spacial score (nSPS) is 10.9. The summed E-state index contributed by atoms with van der Waals surface area (Å²) in [6.07, 6.45) is 3.51. The molecular weight excluding hydrogens is 390 g/mol. The van der Waals surface area contributed by atoms with Crippen LogP contribution < -0.4 is 0 Å². The first-order chi connectivity index (χ1) is 13.1. The van der Waals surface area contributed by atoms with E-state index in [0.717, 1.165) is 11.1 Å². The molecule has 0 N–H and O–H groups in total. The first kappa shape index (κ1) is 17.4. The van der Waals surface area contributed by atoms with Gasteiger partial charge in [0.05, 0.1) is 6.20 Å². The van der Waals surface area contributed by atoms with Crippen LogP contribution in [-0.2, 0) is 18.4 Å². The molecule has 0 amide bonds. The smallest absolute Gasteiger partial charge is 0.358 e. The Labute approximate surface area is 162 Å². The number of hydrogen-bond donors (Lipinski definition) is 0. The Morgan fingerprint density at radius 3 is 2.81 bits per heavy atom. The molecule has 136 valence electrons. The molecule has 0 aliphatic carbocycles. The molecule has 0 unspecified atom stereocenters. The summed E-state index contributed by atoms with van der Waals surface area (Å²) in [6.45, 7) is -0.140. The molecule has 0 saturated heterocycles. The molecule has 0 saturated carbocycles. The number of carbonyl (C=O) groups is 1. The number of ether oxygens (including phenoxy) is 1. The minimum atomic E-state index is -0.562. The topological polar surface area (TPSA) is 95.9 Å². The van der Waals surface area contributed by atoms with Gasteiger partial charge in [0.15, 0.2) is 12.3 Å². The summed E-state index contributed by atoms with van der Waals surface area (Å²) in [5, 5.41) is 10.9. The van der Waals surface area contributed by atoms with Gasteiger partial charge >= 0.3 is 5.97 Å². The zero-order chi connectivity index (χ0) is 18.8. The van der Waals surface area contributed by atoms with Gasteiger partial charge in [-0.15, -0.1) is 11.3 Å². The number of hydrogen-bond acceptors (Lipinski definition) is 8. The summed E-state index contributed by atoms with van der Waals surface area (Å²) < 4.78 is 12.0. The number of aryl methyl sites for hydroxylation is 1. The average Bonchev–Trinajstić information content (AvgIpc) is 3.40. The summed E-state index contributed by atoms with van der Waals surface area (Å²) in [5.74, 6) is 0.0221. The Bertz CT molecular complexity index is 1090. The van der Waals surface area contributed by atoms with Gasteiger partial charge in [0, 0.05) is 34.8 Å². The van der Waals surface area contributed by atoms with Crippen molar-refractivity contribution in [3.63, 3.8) is 0 Å². The van der Waals surface area contributed by atoms with E-state index in [0.29, 0.717) is 15.9 Å². The van der Waals surface area contributed by atoms with Gasteiger partial charge < -0.3 is 9.26 Å². The number of rotatable bonds is 5. The lowest BCUT2D eigenvalue weighted by molar-refractivity contribution is 0.0424. The lowest BCUT2D eigenvalue weighted by Crippen LogP contribution is -2.05. The first-order valence-corrected chi connectivity index (χ1v) is 9.04. The van der Waals surface area contributed by atoms with Crippen LogP contribution in [0.4, 0.5) is 0 Å². The third-order valence-electron chi connectivity index (χ3n) is 3.56. The predicted octanol–water partition coefficient (Wildman–Crippen LogP) is 3.60. The Kier molecular flexibility index (Phi) is 4.69. The predicted molar refractivity (Wildman–Crippen MR) is 98.2 cm³/mol. The van der Waals surface area contributed by atoms with Crippen molar-refractivity contribution in [1.82, 2.24) is 24.9 Å². The van der Waals surface area contributed by atoms with E-state index in [4.69, 9.17) is 20.9 Å². The minimum absolute atomic E-state index is 0.140. The molecule has 0 atom stereocenters. The van der Waals surface area contributed by atoms with Crippen LogP contribution in [0.3, 0.4) is 0 Å². The highest BCUT2D eigenvalue weighted by Crippen LogP contribution is 2.23. The number of carbonyl (C=O) groups excluding carboxylic acids is 1. The van der Waals surface area contributed by atoms with Crippen molar-refractivity contribution in [1.29, 1.82) is 0 Å². The molecule has 4 aromatic rings. The number of halogens is 1. The molecule has 8 nitrogen and oxygen atoms in total. The van der Waals surface area contributed by atoms with Gasteiger partial charge in [0.2, 0.25) is 5.82 Å². The summed E-state index contributed by atoms with van der Waals surface area (Å²) in [7, 11) is 1.81. The zero-order valence-electron chi connectivity index (χ0n) is 14.0. The molecule has 0 fully saturated rings. The summed E-state index contributed by atoms with van der Waals surface area (Å²) >= 11 is 7.20. The third kappa shape index (κ3) is 3.88. The fourth-order valence-corrected chi connectivity index (χ4v) is 3.15. The highest BCUT2D eigenvalue weighted by atomic mass is 35.5. The van der Waals surface area contributed by atoms with E-state index in [9.17, 15) is 4.79 Å². The maximum Gasteiger partial charge on any atom is 0.358 e. The summed E-state index contributed by atoms with van der Waals surface area (Å²) in [6, 6.07) is 7.01. The van der Waals surface area contributed by atoms with Gasteiger partial charge in [-0.3, -0.25) is 4.68 Å². The first-order valence-electron chi connectivity index (χ1n) is 7.79. The Balaban J connectivity index is 1.40. The lowest BCUT2D eigenvalue weighted by atomic mass is 10.2. The molecule has 3 aromatic heterocycles. The highest BCUT2D eigenvalue weighted by Gasteiger charge is 2.16. The fourth-order valence-electron chi connectivity index (χ4n) is 2.26. The number of aromatic nitrogens is 5. The van der Waals surface area contributed by atoms with Crippen LogP contribution in [0.15, 0.2) is 46.6 Å². The Morgan fingerprint density at radius 1 is 1.26 bits per heavy atom. The highest BCUT2D eigenvalue weighted by molar-refractivity contribution is 7.13. The van der Waals surface area contributed by atoms with Crippen molar-refractivity contribution >= 4 is 28.9 Å². The minimum Gasteiger partial charge on any atom is -0.451 e. The van der Waals surface area contributed by atoms with Gasteiger partial charge in [-0.2, -0.15) is 10.1 Å². The van der Waals surface area contributed by atoms with E-state index >= 15 is 0 Å². The van der Waals surface area contributed by atoms with Crippen LogP contribution in [-0.4, -0.2) is 30.9 Å². The third-order valence-corrected chi connectivity index (χ3v) is 4.71. The van der Waals surface area contributed by atoms with Crippen molar-refractivity contribution in [2.24, 2.45) is 7.05 Å². The van der Waals surface area contributed by atoms with Crippen molar-refractivity contribution in [3.05, 3.63) is 58.6 Å². The standard InChI is InChI=1S/C17H12ClN5O3S/c1-23-7-11(6-19-23)16-20-13(9-27-16)17(24)25-8-14-21-15(22-26-14)10-2-4-12(18)5-3-10/h2-7,9H,8H2,1H3. The van der Waals surface area contributed by atoms with Gasteiger partial charge in [-0.25, -0.2) is 9.78 Å². The van der Waals surface area contributed by atoms with E-state index < -0.39 is 5.97 Å². The molecule has 0 spiro atoms. The second-order valence-corrected chi connectivity index (χ2v) is 6.83. The molecule has 4 rings (SSSR count). The largest absolute Gasteiger partial charge is 0.451 e. The van der Waals surface area contributed by atoms with E-state index in [1.54, 1.807) is 40.5 Å². The average molecular weight is 402 g/mol. The van der Waals surface area contributed by atoms with E-state index in [1.165, 1.54) is 11.3 Å². The number of thiazole rings is 1. The summed E-state index contributed by atoms with van der Waals surface area (Å²) in [4.78, 5) is 20.7. The maximum absolute atomic E-state index is 12.2. The Hall–Kier alpha value is -3.04. The maximum atomic E-state index is 12.2. The fraction of sp³-hybridized carbons (Fsp3) is 0.118. The van der Waals surface area contributed by atoms with Gasteiger partial charge in [0.25, 0.3) is 5.89 Å². The quantitative estimate of drug-likeness (QED) is 0.471. The van der Waals surface area contributed by atoms with Gasteiger partial charge in [0.1, 0.15) is 5.01 Å². The van der Waals surface area contributed by atoms with E-state index in [2.05, 4.69) is 20.2 Å². The van der Waals surface area contributed by atoms with Crippen LogP contribution in [0.25, 0.3) is 22.0 Å². The molecular formula is C17H12ClN5O3S. The van der Waals surface area contributed by atoms with Gasteiger partial charge in [-0.1, -0.05) is 16.8 Å². The molecule has 0 aliphatic rings. The van der Waals surface area contributed by atoms with Crippen LogP contribution in [0.5, 0.6) is 0 Å². The second kappa shape index (κ2) is 7.29. The van der Waals surface area contributed by atoms with Crippen LogP contribution >= 0.6 is 22.9 Å². The molecule has 10 heteroatoms. The lowest BCUT2D eigenvalue weighted by Gasteiger charge is -1.98. The van der Waals surface area contributed by atoms with E-state index in [1.807, 2.05) is 13.2 Å². The summed E-state index contributed by atoms with van der Waals surface area (Å²) in [5.41, 5.74) is 1.81. The molecule has 0 bridgehead atoms. The zero-order valence-corrected chi connectivity index (χ0v) is 15.6. The van der Waals surface area contributed by atoms with Crippen LogP contribution in [0.2, 0.25) is 5.02 Å². The molecule has 1 aromatic carbocycles. The van der Waals surface area contributed by atoms with Crippen LogP contribution in [0.1, 0.15) is 16.4 Å². The number of nitrogens with zero attached hydrogens (tertiary/aromatic N) is 5. The van der Waals surface area contributed by atoms with Crippen molar-refractivity contribution < 1.29 is 14.1 Å². The number of esters is 1. The SMILES string of the molecule is Cn1cc(-c2nc(C(=O)OCc3nc(-c4ccc(Cl)cc4)no3)cs2)cn1. The van der Waals surface area contributed by atoms with E-state index in [-0.39, 0.29) is 18.2 Å². The van der Waals surface area contributed by atoms with Gasteiger partial charge in [-0.05, 0) is 24.3 Å². The van der Waals surface area contributed by atoms with Crippen LogP contribution in [0, 0.1) is 0 Å². The molecule has 0 radical (unpaired) electrons. The van der Waals surface area contributed by atoms with Crippen molar-refractivity contribution in [2.75, 3.05) is 0 Å². The number of benzene rings is 1. The van der Waals surface area contributed by atoms with Crippen molar-refractivity contribution in [3.8, 4) is 22.0 Å².